The number of ketones is 1. The van der Waals surface area contributed by atoms with Gasteiger partial charge in [-0.1, -0.05) is 48.5 Å². The Balaban J connectivity index is 2.17. The first-order valence-electron chi connectivity index (χ1n) is 6.28. The lowest BCUT2D eigenvalue weighted by atomic mass is 10.1. The molecule has 0 bridgehead atoms. The number of rotatable bonds is 5. The second-order valence-corrected chi connectivity index (χ2v) is 6.65. The third kappa shape index (κ3) is 4.01. The van der Waals surface area contributed by atoms with E-state index in [2.05, 4.69) is 0 Å². The molecule has 0 aliphatic carbocycles. The number of hydrogen-bond acceptors (Lipinski definition) is 4. The van der Waals surface area contributed by atoms with Crippen molar-refractivity contribution >= 4 is 15.6 Å². The number of nitrogens with zero attached hydrogens (tertiary/aromatic N) is 1. The van der Waals surface area contributed by atoms with Gasteiger partial charge in [-0.25, -0.2) is 8.42 Å². The highest BCUT2D eigenvalue weighted by Gasteiger charge is 2.19. The van der Waals surface area contributed by atoms with Crippen LogP contribution in [0.1, 0.15) is 21.5 Å². The van der Waals surface area contributed by atoms with Crippen molar-refractivity contribution in [3.63, 3.8) is 0 Å². The van der Waals surface area contributed by atoms with Crippen LogP contribution >= 0.6 is 0 Å². The maximum atomic E-state index is 12.1. The topological polar surface area (TPSA) is 75.0 Å². The molecule has 0 saturated heterocycles. The smallest absolute Gasteiger partial charge is 0.177 e. The van der Waals surface area contributed by atoms with Gasteiger partial charge in [0.2, 0.25) is 0 Å². The van der Waals surface area contributed by atoms with E-state index >= 15 is 0 Å². The van der Waals surface area contributed by atoms with Gasteiger partial charge in [0.25, 0.3) is 0 Å². The van der Waals surface area contributed by atoms with Crippen molar-refractivity contribution in [3.8, 4) is 6.07 Å². The number of carbonyl (C=O) groups excluding carboxylic acids is 1. The van der Waals surface area contributed by atoms with Gasteiger partial charge in [0.1, 0.15) is 5.75 Å². The molecule has 2 aromatic rings. The fourth-order valence-electron chi connectivity index (χ4n) is 1.95. The molecule has 0 N–H and O–H groups in total. The van der Waals surface area contributed by atoms with Gasteiger partial charge in [-0.2, -0.15) is 5.26 Å². The highest BCUT2D eigenvalue weighted by Crippen LogP contribution is 2.13. The van der Waals surface area contributed by atoms with E-state index in [0.717, 1.165) is 0 Å². The summed E-state index contributed by atoms with van der Waals surface area (Å²) in [6, 6.07) is 16.7. The molecular formula is C16H13NO3S. The Bertz CT molecular complexity index is 790. The molecule has 0 aromatic heterocycles. The average molecular weight is 299 g/mol. The summed E-state index contributed by atoms with van der Waals surface area (Å²) in [5, 5.41) is 8.96. The quantitative estimate of drug-likeness (QED) is 0.794. The molecule has 0 atom stereocenters. The SMILES string of the molecule is N#Cc1ccccc1CS(=O)(=O)CC(=O)c1ccccc1. The third-order valence-corrected chi connectivity index (χ3v) is 4.41. The molecule has 0 spiro atoms. The predicted octanol–water partition coefficient (Wildman–Crippen LogP) is 2.36. The minimum atomic E-state index is -3.62. The highest BCUT2D eigenvalue weighted by atomic mass is 32.2. The summed E-state index contributed by atoms with van der Waals surface area (Å²) in [6.45, 7) is 0. The molecule has 0 heterocycles. The summed E-state index contributed by atoms with van der Waals surface area (Å²) in [7, 11) is -3.62. The standard InChI is InChI=1S/C16H13NO3S/c17-10-14-8-4-5-9-15(14)11-21(19,20)12-16(18)13-6-2-1-3-7-13/h1-9H,11-12H2. The van der Waals surface area contributed by atoms with Gasteiger partial charge in [0.15, 0.2) is 15.6 Å². The summed E-state index contributed by atoms with van der Waals surface area (Å²) >= 11 is 0. The molecule has 21 heavy (non-hydrogen) atoms. The summed E-state index contributed by atoms with van der Waals surface area (Å²) in [5.74, 6) is -1.31. The molecule has 0 radical (unpaired) electrons. The number of nitriles is 1. The van der Waals surface area contributed by atoms with E-state index in [0.29, 0.717) is 16.7 Å². The third-order valence-electron chi connectivity index (χ3n) is 2.96. The first kappa shape index (κ1) is 14.9. The van der Waals surface area contributed by atoms with Gasteiger partial charge in [0, 0.05) is 5.56 Å². The van der Waals surface area contributed by atoms with Gasteiger partial charge in [0.05, 0.1) is 17.4 Å². The van der Waals surface area contributed by atoms with Crippen molar-refractivity contribution in [1.82, 2.24) is 0 Å². The van der Waals surface area contributed by atoms with E-state index in [1.54, 1.807) is 54.6 Å². The largest absolute Gasteiger partial charge is 0.293 e. The van der Waals surface area contributed by atoms with Gasteiger partial charge < -0.3 is 0 Å². The number of benzene rings is 2. The molecule has 0 aliphatic rings. The summed E-state index contributed by atoms with van der Waals surface area (Å²) in [6.07, 6.45) is 0. The molecule has 0 aliphatic heterocycles. The van der Waals surface area contributed by atoms with Crippen LogP contribution in [0.5, 0.6) is 0 Å². The van der Waals surface area contributed by atoms with E-state index in [1.807, 2.05) is 6.07 Å². The van der Waals surface area contributed by atoms with E-state index in [4.69, 9.17) is 5.26 Å². The highest BCUT2D eigenvalue weighted by molar-refractivity contribution is 7.91. The van der Waals surface area contributed by atoms with Crippen LogP contribution in [0, 0.1) is 11.3 Å². The van der Waals surface area contributed by atoms with E-state index in [9.17, 15) is 13.2 Å². The van der Waals surface area contributed by atoms with Crippen LogP contribution in [0.15, 0.2) is 54.6 Å². The normalized spacial score (nSPS) is 10.8. The summed E-state index contributed by atoms with van der Waals surface area (Å²) in [4.78, 5) is 12.0. The van der Waals surface area contributed by atoms with Gasteiger partial charge >= 0.3 is 0 Å². The first-order valence-corrected chi connectivity index (χ1v) is 8.10. The lowest BCUT2D eigenvalue weighted by Gasteiger charge is -2.06. The van der Waals surface area contributed by atoms with Gasteiger partial charge in [-0.3, -0.25) is 4.79 Å². The van der Waals surface area contributed by atoms with Crippen LogP contribution in [-0.2, 0) is 15.6 Å². The van der Waals surface area contributed by atoms with Crippen molar-refractivity contribution in [2.45, 2.75) is 5.75 Å². The van der Waals surface area contributed by atoms with Crippen molar-refractivity contribution in [1.29, 1.82) is 5.26 Å². The fourth-order valence-corrected chi connectivity index (χ4v) is 3.34. The second-order valence-electron chi connectivity index (χ2n) is 4.59. The summed E-state index contributed by atoms with van der Waals surface area (Å²) < 4.78 is 24.2. The number of hydrogen-bond donors (Lipinski definition) is 0. The fraction of sp³-hybridized carbons (Fsp3) is 0.125. The molecule has 0 saturated carbocycles. The maximum absolute atomic E-state index is 12.1. The Kier molecular flexibility index (Phi) is 4.51. The van der Waals surface area contributed by atoms with Gasteiger partial charge in [-0.15, -0.1) is 0 Å². The van der Waals surface area contributed by atoms with Crippen molar-refractivity contribution in [3.05, 3.63) is 71.3 Å². The molecular weight excluding hydrogens is 286 g/mol. The predicted molar refractivity (Wildman–Crippen MR) is 79.4 cm³/mol. The second kappa shape index (κ2) is 6.33. The van der Waals surface area contributed by atoms with Crippen LogP contribution in [0.4, 0.5) is 0 Å². The zero-order valence-electron chi connectivity index (χ0n) is 11.2. The molecule has 4 nitrogen and oxygen atoms in total. The molecule has 0 amide bonds. The number of carbonyl (C=O) groups is 1. The Hall–Kier alpha value is -2.45. The molecule has 2 rings (SSSR count). The van der Waals surface area contributed by atoms with E-state index < -0.39 is 21.4 Å². The van der Waals surface area contributed by atoms with Crippen molar-refractivity contribution in [2.24, 2.45) is 0 Å². The Labute approximate surface area is 123 Å². The minimum Gasteiger partial charge on any atom is -0.293 e. The maximum Gasteiger partial charge on any atom is 0.177 e. The zero-order valence-corrected chi connectivity index (χ0v) is 12.0. The molecule has 0 unspecified atom stereocenters. The molecule has 5 heteroatoms. The van der Waals surface area contributed by atoms with Crippen LogP contribution in [0.25, 0.3) is 0 Å². The lowest BCUT2D eigenvalue weighted by molar-refractivity contribution is 0.102. The monoisotopic (exact) mass is 299 g/mol. The number of Topliss-reactive ketones (excluding diaryl/α,β-unsaturated/α-hetero) is 1. The Morgan fingerprint density at radius 3 is 2.29 bits per heavy atom. The minimum absolute atomic E-state index is 0.310. The number of sulfone groups is 1. The summed E-state index contributed by atoms with van der Waals surface area (Å²) in [5.41, 5.74) is 1.10. The van der Waals surface area contributed by atoms with Crippen molar-refractivity contribution in [2.75, 3.05) is 5.75 Å². The Morgan fingerprint density at radius 2 is 1.62 bits per heavy atom. The van der Waals surface area contributed by atoms with Crippen LogP contribution in [0.2, 0.25) is 0 Å². The average Bonchev–Trinajstić information content (AvgIpc) is 2.47. The first-order chi connectivity index (χ1) is 10.0. The molecule has 0 fully saturated rings. The molecule has 106 valence electrons. The van der Waals surface area contributed by atoms with Crippen LogP contribution in [0.3, 0.4) is 0 Å². The van der Waals surface area contributed by atoms with Gasteiger partial charge in [-0.05, 0) is 11.6 Å². The van der Waals surface area contributed by atoms with Crippen LogP contribution < -0.4 is 0 Å². The van der Waals surface area contributed by atoms with E-state index in [1.165, 1.54) is 0 Å². The zero-order chi connectivity index (χ0) is 15.3. The van der Waals surface area contributed by atoms with E-state index in [-0.39, 0.29) is 5.75 Å². The molecule has 2 aromatic carbocycles. The van der Waals surface area contributed by atoms with Crippen LogP contribution in [-0.4, -0.2) is 20.0 Å². The Morgan fingerprint density at radius 1 is 1.00 bits per heavy atom. The lowest BCUT2D eigenvalue weighted by Crippen LogP contribution is -2.18. The van der Waals surface area contributed by atoms with Crippen molar-refractivity contribution < 1.29 is 13.2 Å².